The van der Waals surface area contributed by atoms with Crippen molar-refractivity contribution in [2.45, 2.75) is 90.3 Å². The van der Waals surface area contributed by atoms with Gasteiger partial charge < -0.3 is 9.47 Å². The van der Waals surface area contributed by atoms with Gasteiger partial charge in [-0.3, -0.25) is 4.79 Å². The first kappa shape index (κ1) is 19.4. The quantitative estimate of drug-likeness (QED) is 0.786. The van der Waals surface area contributed by atoms with E-state index in [1.807, 2.05) is 6.92 Å². The van der Waals surface area contributed by atoms with E-state index in [1.54, 1.807) is 0 Å². The Balaban J connectivity index is 1.86. The zero-order valence-electron chi connectivity index (χ0n) is 15.4. The number of hydrogen-bond donors (Lipinski definition) is 1. The van der Waals surface area contributed by atoms with Crippen molar-refractivity contribution < 1.29 is 14.3 Å². The van der Waals surface area contributed by atoms with E-state index in [0.29, 0.717) is 19.1 Å². The first-order chi connectivity index (χ1) is 11.6. The zero-order chi connectivity index (χ0) is 17.3. The van der Waals surface area contributed by atoms with E-state index in [-0.39, 0.29) is 12.3 Å². The molecule has 1 aliphatic carbocycles. The van der Waals surface area contributed by atoms with E-state index in [4.69, 9.17) is 9.47 Å². The van der Waals surface area contributed by atoms with Crippen molar-refractivity contribution in [3.8, 4) is 0 Å². The van der Waals surface area contributed by atoms with Crippen LogP contribution in [-0.4, -0.2) is 30.6 Å². The van der Waals surface area contributed by atoms with Crippen LogP contribution in [-0.2, 0) is 14.3 Å². The highest BCUT2D eigenvalue weighted by Gasteiger charge is 2.33. The van der Waals surface area contributed by atoms with Crippen molar-refractivity contribution in [3.63, 3.8) is 0 Å². The van der Waals surface area contributed by atoms with Crippen LogP contribution < -0.4 is 5.43 Å². The summed E-state index contributed by atoms with van der Waals surface area (Å²) in [6.45, 7) is 5.15. The Hall–Kier alpha value is -0.940. The fourth-order valence-corrected chi connectivity index (χ4v) is 3.52. The van der Waals surface area contributed by atoms with Crippen molar-refractivity contribution in [1.29, 1.82) is 0 Å². The van der Waals surface area contributed by atoms with Crippen molar-refractivity contribution in [1.82, 2.24) is 5.43 Å². The van der Waals surface area contributed by atoms with Crippen molar-refractivity contribution in [2.24, 2.45) is 11.0 Å². The molecule has 0 aromatic heterocycles. The molecule has 1 amide bonds. The summed E-state index contributed by atoms with van der Waals surface area (Å²) in [5.74, 6) is -0.480. The molecule has 0 aromatic rings. The van der Waals surface area contributed by atoms with Gasteiger partial charge in [0.1, 0.15) is 0 Å². The zero-order valence-corrected chi connectivity index (χ0v) is 15.4. The van der Waals surface area contributed by atoms with E-state index in [0.717, 1.165) is 12.1 Å². The average molecular weight is 338 g/mol. The lowest BCUT2D eigenvalue weighted by molar-refractivity contribution is -0.159. The Morgan fingerprint density at radius 2 is 1.67 bits per heavy atom. The molecule has 2 fully saturated rings. The maximum atomic E-state index is 12.2. The average Bonchev–Trinajstić information content (AvgIpc) is 2.96. The lowest BCUT2D eigenvalue weighted by Gasteiger charge is -2.21. The van der Waals surface area contributed by atoms with Crippen molar-refractivity contribution in [2.75, 3.05) is 13.2 Å². The van der Waals surface area contributed by atoms with Gasteiger partial charge in [0.25, 0.3) is 0 Å². The summed E-state index contributed by atoms with van der Waals surface area (Å²) in [7, 11) is 0. The Labute approximate surface area is 146 Å². The van der Waals surface area contributed by atoms with Crippen LogP contribution in [0.25, 0.3) is 0 Å². The molecule has 2 rings (SSSR count). The number of hydrazone groups is 1. The largest absolute Gasteiger partial charge is 0.347 e. The van der Waals surface area contributed by atoms with Crippen LogP contribution in [0.15, 0.2) is 5.10 Å². The highest BCUT2D eigenvalue weighted by atomic mass is 16.7. The third-order valence-electron chi connectivity index (χ3n) is 5.09. The van der Waals surface area contributed by atoms with Crippen LogP contribution in [0.4, 0.5) is 0 Å². The molecule has 2 aliphatic rings. The van der Waals surface area contributed by atoms with Crippen LogP contribution in [0.5, 0.6) is 0 Å². The highest BCUT2D eigenvalue weighted by Crippen LogP contribution is 2.22. The molecule has 24 heavy (non-hydrogen) atoms. The lowest BCUT2D eigenvalue weighted by atomic mass is 9.92. The van der Waals surface area contributed by atoms with Crippen LogP contribution in [0, 0.1) is 5.92 Å². The van der Waals surface area contributed by atoms with Gasteiger partial charge in [0.15, 0.2) is 5.79 Å². The molecule has 1 saturated heterocycles. The Bertz CT molecular complexity index is 417. The van der Waals surface area contributed by atoms with Gasteiger partial charge in [0.05, 0.1) is 19.6 Å². The van der Waals surface area contributed by atoms with E-state index in [1.165, 1.54) is 57.8 Å². The van der Waals surface area contributed by atoms with E-state index in [9.17, 15) is 4.79 Å². The van der Waals surface area contributed by atoms with Crippen molar-refractivity contribution >= 4 is 11.6 Å². The van der Waals surface area contributed by atoms with Gasteiger partial charge >= 0.3 is 0 Å². The first-order valence-electron chi connectivity index (χ1n) is 9.72. The smallest absolute Gasteiger partial charge is 0.245 e. The van der Waals surface area contributed by atoms with Gasteiger partial charge in [0.2, 0.25) is 5.91 Å². The topological polar surface area (TPSA) is 59.9 Å². The molecule has 5 heteroatoms. The molecular formula is C19H34N2O3. The number of nitrogens with one attached hydrogen (secondary N) is 1. The number of rotatable bonds is 3. The van der Waals surface area contributed by atoms with Crippen LogP contribution in [0.2, 0.25) is 0 Å². The molecule has 1 saturated carbocycles. The summed E-state index contributed by atoms with van der Waals surface area (Å²) in [4.78, 5) is 12.2. The Morgan fingerprint density at radius 1 is 1.08 bits per heavy atom. The molecule has 0 unspecified atom stereocenters. The molecule has 0 aromatic carbocycles. The molecule has 0 spiro atoms. The van der Waals surface area contributed by atoms with Gasteiger partial charge in [-0.25, -0.2) is 5.43 Å². The number of ether oxygens (including phenoxy) is 2. The van der Waals surface area contributed by atoms with Crippen LogP contribution >= 0.6 is 0 Å². The van der Waals surface area contributed by atoms with Crippen LogP contribution in [0.1, 0.15) is 84.5 Å². The molecule has 1 N–H and O–H groups in total. The van der Waals surface area contributed by atoms with Gasteiger partial charge in [-0.05, 0) is 32.1 Å². The summed E-state index contributed by atoms with van der Waals surface area (Å²) < 4.78 is 11.0. The van der Waals surface area contributed by atoms with E-state index in [2.05, 4.69) is 17.5 Å². The second kappa shape index (κ2) is 10.1. The summed E-state index contributed by atoms with van der Waals surface area (Å²) >= 11 is 0. The third kappa shape index (κ3) is 6.89. The molecule has 1 heterocycles. The standard InChI is InChI=1S/C19H34N2O3/c1-16-11-9-7-5-3-4-6-8-10-12-17(16)20-21-18(22)15-19(2)23-13-14-24-19/h16H,3-15H2,1-2H3,(H,21,22)/t16-/m1/s1. The monoisotopic (exact) mass is 338 g/mol. The minimum absolute atomic E-state index is 0.134. The summed E-state index contributed by atoms with van der Waals surface area (Å²) in [5, 5.41) is 4.47. The summed E-state index contributed by atoms with van der Waals surface area (Å²) in [6, 6.07) is 0. The predicted octanol–water partition coefficient (Wildman–Crippen LogP) is 4.16. The fourth-order valence-electron chi connectivity index (χ4n) is 3.52. The number of nitrogens with zero attached hydrogens (tertiary/aromatic N) is 1. The number of amides is 1. The van der Waals surface area contributed by atoms with Gasteiger partial charge in [-0.2, -0.15) is 5.10 Å². The van der Waals surface area contributed by atoms with Crippen LogP contribution in [0.3, 0.4) is 0 Å². The van der Waals surface area contributed by atoms with E-state index >= 15 is 0 Å². The van der Waals surface area contributed by atoms with E-state index < -0.39 is 5.79 Å². The van der Waals surface area contributed by atoms with Gasteiger partial charge in [0, 0.05) is 5.71 Å². The summed E-state index contributed by atoms with van der Waals surface area (Å²) in [5.41, 5.74) is 3.88. The highest BCUT2D eigenvalue weighted by molar-refractivity contribution is 5.88. The molecular weight excluding hydrogens is 304 g/mol. The Morgan fingerprint density at radius 3 is 2.33 bits per heavy atom. The second-order valence-electron chi connectivity index (χ2n) is 7.41. The Kier molecular flexibility index (Phi) is 8.19. The minimum Gasteiger partial charge on any atom is -0.347 e. The predicted molar refractivity (Wildman–Crippen MR) is 95.8 cm³/mol. The normalized spacial score (nSPS) is 28.1. The van der Waals surface area contributed by atoms with Gasteiger partial charge in [-0.15, -0.1) is 0 Å². The number of hydrogen-bond acceptors (Lipinski definition) is 4. The summed E-state index contributed by atoms with van der Waals surface area (Å²) in [6.07, 6.45) is 12.8. The molecule has 1 atom stereocenters. The maximum absolute atomic E-state index is 12.2. The molecule has 1 aliphatic heterocycles. The number of carbonyl (C=O) groups is 1. The molecule has 5 nitrogen and oxygen atoms in total. The maximum Gasteiger partial charge on any atom is 0.245 e. The second-order valence-corrected chi connectivity index (χ2v) is 7.41. The first-order valence-corrected chi connectivity index (χ1v) is 9.72. The SMILES string of the molecule is C[C@@H]1CCCCCCCCCCC1=NNC(=O)CC1(C)OCCO1. The minimum atomic E-state index is -0.789. The molecule has 0 bridgehead atoms. The van der Waals surface area contributed by atoms with Gasteiger partial charge in [-0.1, -0.05) is 51.9 Å². The number of carbonyl (C=O) groups excluding carboxylic acids is 1. The fraction of sp³-hybridized carbons (Fsp3) is 0.895. The molecule has 138 valence electrons. The third-order valence-corrected chi connectivity index (χ3v) is 5.09. The molecule has 0 radical (unpaired) electrons. The lowest BCUT2D eigenvalue weighted by Crippen LogP contribution is -2.34. The van der Waals surface area contributed by atoms with Crippen molar-refractivity contribution in [3.05, 3.63) is 0 Å².